The second-order valence-electron chi connectivity index (χ2n) is 3.09. The third-order valence-electron chi connectivity index (χ3n) is 1.93. The van der Waals surface area contributed by atoms with Crippen LogP contribution < -0.4 is 11.1 Å². The quantitative estimate of drug-likeness (QED) is 0.228. The van der Waals surface area contributed by atoms with Crippen LogP contribution in [0.25, 0.3) is 0 Å². The lowest BCUT2D eigenvalue weighted by Crippen LogP contribution is -2.28. The molecule has 0 aliphatic heterocycles. The van der Waals surface area contributed by atoms with Crippen molar-refractivity contribution in [3.8, 4) is 0 Å². The normalized spacial score (nSPS) is 9.41. The molecule has 6 N–H and O–H groups in total. The van der Waals surface area contributed by atoms with Gasteiger partial charge >= 0.3 is 0 Å². The van der Waals surface area contributed by atoms with E-state index in [0.717, 1.165) is 6.21 Å². The average molecular weight is 234 g/mol. The van der Waals surface area contributed by atoms with Gasteiger partial charge in [-0.2, -0.15) is 0 Å². The van der Waals surface area contributed by atoms with Crippen LogP contribution in [-0.4, -0.2) is 22.8 Å². The molecule has 0 heterocycles. The van der Waals surface area contributed by atoms with Gasteiger partial charge in [-0.25, -0.2) is 0 Å². The van der Waals surface area contributed by atoms with Crippen LogP contribution >= 0.6 is 0 Å². The molecular weight excluding hydrogens is 224 g/mol. The van der Waals surface area contributed by atoms with Crippen LogP contribution in [0.4, 0.5) is 11.4 Å². The molecule has 0 amide bonds. The maximum absolute atomic E-state index is 10.6. The van der Waals surface area contributed by atoms with Crippen molar-refractivity contribution in [1.29, 1.82) is 16.2 Å². The van der Waals surface area contributed by atoms with E-state index in [1.165, 1.54) is 18.2 Å². The SMILES string of the molecule is N=Cc1ccc([N+](=O)[O-])cc1NC(=N)C(=N)N. The van der Waals surface area contributed by atoms with Gasteiger partial charge in [0.2, 0.25) is 0 Å². The number of nitro benzene ring substituents is 1. The highest BCUT2D eigenvalue weighted by Crippen LogP contribution is 2.21. The summed E-state index contributed by atoms with van der Waals surface area (Å²) in [5.41, 5.74) is 5.46. The maximum atomic E-state index is 10.6. The van der Waals surface area contributed by atoms with Gasteiger partial charge in [-0.05, 0) is 6.07 Å². The highest BCUT2D eigenvalue weighted by Gasteiger charge is 2.11. The Morgan fingerprint density at radius 1 is 1.47 bits per heavy atom. The fourth-order valence-corrected chi connectivity index (χ4v) is 1.09. The molecule has 0 aliphatic rings. The Kier molecular flexibility index (Phi) is 3.50. The molecule has 0 radical (unpaired) electrons. The van der Waals surface area contributed by atoms with Crippen LogP contribution in [0.3, 0.4) is 0 Å². The number of nitrogens with one attached hydrogen (secondary N) is 4. The summed E-state index contributed by atoms with van der Waals surface area (Å²) in [6.07, 6.45) is 0.986. The van der Waals surface area contributed by atoms with Gasteiger partial charge in [0, 0.05) is 23.9 Å². The molecule has 0 aliphatic carbocycles. The van der Waals surface area contributed by atoms with Crippen molar-refractivity contribution in [2.45, 2.75) is 0 Å². The third kappa shape index (κ3) is 2.84. The lowest BCUT2D eigenvalue weighted by molar-refractivity contribution is -0.384. The van der Waals surface area contributed by atoms with Crippen LogP contribution in [0.15, 0.2) is 18.2 Å². The summed E-state index contributed by atoms with van der Waals surface area (Å²) in [5, 5.41) is 34.5. The van der Waals surface area contributed by atoms with Crippen molar-refractivity contribution >= 4 is 29.3 Å². The number of amidine groups is 2. The second-order valence-corrected chi connectivity index (χ2v) is 3.09. The summed E-state index contributed by atoms with van der Waals surface area (Å²) in [5.74, 6) is -0.874. The molecule has 8 heteroatoms. The topological polar surface area (TPSA) is 153 Å². The fourth-order valence-electron chi connectivity index (χ4n) is 1.09. The summed E-state index contributed by atoms with van der Waals surface area (Å²) >= 11 is 0. The summed E-state index contributed by atoms with van der Waals surface area (Å²) in [4.78, 5) is 9.99. The highest BCUT2D eigenvalue weighted by atomic mass is 16.6. The number of non-ortho nitro benzene ring substituents is 1. The van der Waals surface area contributed by atoms with Gasteiger partial charge < -0.3 is 16.5 Å². The molecule has 1 aromatic carbocycles. The monoisotopic (exact) mass is 234 g/mol. The van der Waals surface area contributed by atoms with Gasteiger partial charge in [-0.3, -0.25) is 20.9 Å². The number of rotatable bonds is 3. The first-order valence-corrected chi connectivity index (χ1v) is 4.44. The van der Waals surface area contributed by atoms with Crippen molar-refractivity contribution < 1.29 is 4.92 Å². The molecule has 0 saturated heterocycles. The van der Waals surface area contributed by atoms with E-state index in [2.05, 4.69) is 5.32 Å². The van der Waals surface area contributed by atoms with Crippen molar-refractivity contribution in [3.63, 3.8) is 0 Å². The number of nitrogens with two attached hydrogens (primary N) is 1. The minimum absolute atomic E-state index is 0.172. The van der Waals surface area contributed by atoms with Crippen molar-refractivity contribution in [1.82, 2.24) is 0 Å². The molecule has 8 nitrogen and oxygen atoms in total. The van der Waals surface area contributed by atoms with Crippen LogP contribution in [0, 0.1) is 26.3 Å². The highest BCUT2D eigenvalue weighted by molar-refractivity contribution is 6.41. The minimum atomic E-state index is -0.587. The number of benzene rings is 1. The molecule has 17 heavy (non-hydrogen) atoms. The molecule has 0 spiro atoms. The zero-order chi connectivity index (χ0) is 13.0. The summed E-state index contributed by atoms with van der Waals surface area (Å²) in [6.45, 7) is 0. The van der Waals surface area contributed by atoms with E-state index in [0.29, 0.717) is 5.56 Å². The second kappa shape index (κ2) is 4.84. The number of hydrogen-bond donors (Lipinski definition) is 5. The predicted octanol–water partition coefficient (Wildman–Crippen LogP) is 0.918. The van der Waals surface area contributed by atoms with Crippen molar-refractivity contribution in [2.75, 3.05) is 5.32 Å². The molecule has 1 rings (SSSR count). The molecule has 0 atom stereocenters. The van der Waals surface area contributed by atoms with Crippen molar-refractivity contribution in [2.24, 2.45) is 5.73 Å². The lowest BCUT2D eigenvalue weighted by atomic mass is 10.1. The molecule has 1 aromatic rings. The minimum Gasteiger partial charge on any atom is -0.381 e. The first-order chi connectivity index (χ1) is 7.95. The van der Waals surface area contributed by atoms with Gasteiger partial charge in [-0.15, -0.1) is 0 Å². The Morgan fingerprint density at radius 3 is 2.59 bits per heavy atom. The van der Waals surface area contributed by atoms with E-state index in [9.17, 15) is 10.1 Å². The average Bonchev–Trinajstić information content (AvgIpc) is 2.28. The molecule has 0 unspecified atom stereocenters. The van der Waals surface area contributed by atoms with Crippen LogP contribution in [-0.2, 0) is 0 Å². The molecular formula is C9H10N6O2. The Hall–Kier alpha value is -2.77. The van der Waals surface area contributed by atoms with Crippen molar-refractivity contribution in [3.05, 3.63) is 33.9 Å². The van der Waals surface area contributed by atoms with E-state index in [1.54, 1.807) is 0 Å². The summed E-state index contributed by atoms with van der Waals surface area (Å²) < 4.78 is 0. The number of nitrogens with zero attached hydrogens (tertiary/aromatic N) is 1. The van der Waals surface area contributed by atoms with Gasteiger partial charge in [-0.1, -0.05) is 0 Å². The molecule has 88 valence electrons. The van der Waals surface area contributed by atoms with Gasteiger partial charge in [0.15, 0.2) is 11.7 Å². The van der Waals surface area contributed by atoms with E-state index < -0.39 is 10.8 Å². The third-order valence-corrected chi connectivity index (χ3v) is 1.93. The zero-order valence-corrected chi connectivity index (χ0v) is 8.65. The van der Waals surface area contributed by atoms with Crippen LogP contribution in [0.1, 0.15) is 5.56 Å². The first kappa shape index (κ1) is 12.3. The van der Waals surface area contributed by atoms with Crippen LogP contribution in [0.5, 0.6) is 0 Å². The largest absolute Gasteiger partial charge is 0.381 e. The van der Waals surface area contributed by atoms with E-state index in [1.807, 2.05) is 0 Å². The van der Waals surface area contributed by atoms with Gasteiger partial charge in [0.05, 0.1) is 10.6 Å². The lowest BCUT2D eigenvalue weighted by Gasteiger charge is -2.08. The molecule has 0 aromatic heterocycles. The number of nitro groups is 1. The van der Waals surface area contributed by atoms with Crippen LogP contribution in [0.2, 0.25) is 0 Å². The van der Waals surface area contributed by atoms with Gasteiger partial charge in [0.25, 0.3) is 5.69 Å². The number of anilines is 1. The van der Waals surface area contributed by atoms with E-state index >= 15 is 0 Å². The molecule has 0 fully saturated rings. The Morgan fingerprint density at radius 2 is 2.12 bits per heavy atom. The number of hydrogen-bond acceptors (Lipinski definition) is 5. The Balaban J connectivity index is 3.14. The molecule has 0 saturated carbocycles. The van der Waals surface area contributed by atoms with Gasteiger partial charge in [0.1, 0.15) is 0 Å². The zero-order valence-electron chi connectivity index (χ0n) is 8.65. The smallest absolute Gasteiger partial charge is 0.271 e. The first-order valence-electron chi connectivity index (χ1n) is 4.44. The Labute approximate surface area is 96.1 Å². The van der Waals surface area contributed by atoms with E-state index in [-0.39, 0.29) is 17.2 Å². The summed E-state index contributed by atoms with van der Waals surface area (Å²) in [6, 6.07) is 3.81. The predicted molar refractivity (Wildman–Crippen MR) is 64.2 cm³/mol. The summed E-state index contributed by atoms with van der Waals surface area (Å²) in [7, 11) is 0. The standard InChI is InChI=1S/C9H10N6O2/c10-4-5-1-2-6(15(16)17)3-7(5)14-9(13)8(11)12/h1-4,10H,(H3,11,12)(H2,13,14). The maximum Gasteiger partial charge on any atom is 0.271 e. The Bertz CT molecular complexity index is 510. The van der Waals surface area contributed by atoms with E-state index in [4.69, 9.17) is 22.0 Å². The fraction of sp³-hybridized carbons (Fsp3) is 0. The molecule has 0 bridgehead atoms.